The van der Waals surface area contributed by atoms with Crippen LogP contribution in [0, 0.1) is 17.3 Å². The number of aliphatic hydroxyl groups is 1. The standard InChI is InChI=1S/C11H18O3/c1-8(13)14-7-10-4-11(5-10)2-9(3-11)6-12/h9-10,12H,2-7H2,1H3. The van der Waals surface area contributed by atoms with Crippen molar-refractivity contribution in [3.63, 3.8) is 0 Å². The van der Waals surface area contributed by atoms with Gasteiger partial charge in [0.15, 0.2) is 0 Å². The number of aliphatic hydroxyl groups excluding tert-OH is 1. The van der Waals surface area contributed by atoms with Crippen molar-refractivity contribution in [2.24, 2.45) is 17.3 Å². The number of hydrogen-bond acceptors (Lipinski definition) is 3. The van der Waals surface area contributed by atoms with Gasteiger partial charge in [0, 0.05) is 13.5 Å². The van der Waals surface area contributed by atoms with Crippen molar-refractivity contribution >= 4 is 5.97 Å². The lowest BCUT2D eigenvalue weighted by molar-refractivity contribution is -0.150. The van der Waals surface area contributed by atoms with Gasteiger partial charge in [-0.15, -0.1) is 0 Å². The largest absolute Gasteiger partial charge is 0.466 e. The predicted octanol–water partition coefficient (Wildman–Crippen LogP) is 1.35. The van der Waals surface area contributed by atoms with E-state index in [4.69, 9.17) is 9.84 Å². The highest BCUT2D eigenvalue weighted by Gasteiger charge is 2.52. The minimum absolute atomic E-state index is 0.173. The first-order chi connectivity index (χ1) is 6.63. The third kappa shape index (κ3) is 1.78. The van der Waals surface area contributed by atoms with E-state index in [9.17, 15) is 4.79 Å². The van der Waals surface area contributed by atoms with Crippen LogP contribution in [0.4, 0.5) is 0 Å². The topological polar surface area (TPSA) is 46.5 Å². The molecule has 2 fully saturated rings. The van der Waals surface area contributed by atoms with Gasteiger partial charge in [-0.05, 0) is 42.9 Å². The zero-order valence-corrected chi connectivity index (χ0v) is 8.66. The quantitative estimate of drug-likeness (QED) is 0.696. The Labute approximate surface area is 84.4 Å². The van der Waals surface area contributed by atoms with E-state index in [0.29, 0.717) is 30.5 Å². The molecular formula is C11H18O3. The number of ether oxygens (including phenoxy) is 1. The predicted molar refractivity (Wildman–Crippen MR) is 51.6 cm³/mol. The van der Waals surface area contributed by atoms with Crippen LogP contribution in [0.5, 0.6) is 0 Å². The summed E-state index contributed by atoms with van der Waals surface area (Å²) in [5.74, 6) is 0.955. The highest BCUT2D eigenvalue weighted by Crippen LogP contribution is 2.60. The Hall–Kier alpha value is -0.570. The first-order valence-electron chi connectivity index (χ1n) is 5.38. The van der Waals surface area contributed by atoms with Gasteiger partial charge in [-0.1, -0.05) is 0 Å². The van der Waals surface area contributed by atoms with Crippen molar-refractivity contribution in [2.75, 3.05) is 13.2 Å². The molecule has 0 atom stereocenters. The van der Waals surface area contributed by atoms with Gasteiger partial charge in [0.2, 0.25) is 0 Å². The molecule has 80 valence electrons. The highest BCUT2D eigenvalue weighted by atomic mass is 16.5. The lowest BCUT2D eigenvalue weighted by atomic mass is 9.48. The summed E-state index contributed by atoms with van der Waals surface area (Å²) >= 11 is 0. The second-order valence-electron chi connectivity index (χ2n) is 5.03. The Morgan fingerprint density at radius 2 is 1.93 bits per heavy atom. The molecule has 1 spiro atoms. The molecule has 0 aliphatic heterocycles. The SMILES string of the molecule is CC(=O)OCC1CC2(CC(CO)C2)C1. The minimum atomic E-state index is -0.173. The molecule has 2 aliphatic carbocycles. The molecule has 0 amide bonds. The summed E-state index contributed by atoms with van der Waals surface area (Å²) in [6, 6.07) is 0. The van der Waals surface area contributed by atoms with E-state index < -0.39 is 0 Å². The summed E-state index contributed by atoms with van der Waals surface area (Å²) in [6.45, 7) is 2.40. The molecule has 3 heteroatoms. The van der Waals surface area contributed by atoms with E-state index in [1.54, 1.807) is 0 Å². The molecule has 0 aromatic heterocycles. The minimum Gasteiger partial charge on any atom is -0.466 e. The molecule has 2 aliphatic rings. The first-order valence-corrected chi connectivity index (χ1v) is 5.38. The Kier molecular flexibility index (Phi) is 2.52. The molecule has 1 N–H and O–H groups in total. The van der Waals surface area contributed by atoms with Crippen molar-refractivity contribution in [1.82, 2.24) is 0 Å². The number of rotatable bonds is 3. The molecule has 0 heterocycles. The van der Waals surface area contributed by atoms with Crippen LogP contribution in [-0.2, 0) is 9.53 Å². The fourth-order valence-electron chi connectivity index (χ4n) is 3.15. The molecule has 2 rings (SSSR count). The van der Waals surface area contributed by atoms with E-state index in [1.807, 2.05) is 0 Å². The zero-order valence-electron chi connectivity index (χ0n) is 8.66. The van der Waals surface area contributed by atoms with Crippen LogP contribution in [0.1, 0.15) is 32.6 Å². The van der Waals surface area contributed by atoms with Crippen molar-refractivity contribution in [3.05, 3.63) is 0 Å². The Morgan fingerprint density at radius 3 is 2.43 bits per heavy atom. The Bertz CT molecular complexity index is 223. The molecule has 2 saturated carbocycles. The van der Waals surface area contributed by atoms with Gasteiger partial charge >= 0.3 is 5.97 Å². The summed E-state index contributed by atoms with van der Waals surface area (Å²) in [4.78, 5) is 10.6. The van der Waals surface area contributed by atoms with Crippen LogP contribution in [0.3, 0.4) is 0 Å². The molecule has 0 aromatic rings. The van der Waals surface area contributed by atoms with E-state index in [2.05, 4.69) is 0 Å². The summed E-state index contributed by atoms with van der Waals surface area (Å²) in [7, 11) is 0. The van der Waals surface area contributed by atoms with Gasteiger partial charge in [-0.3, -0.25) is 4.79 Å². The summed E-state index contributed by atoms with van der Waals surface area (Å²) in [5.41, 5.74) is 0.526. The fraction of sp³-hybridized carbons (Fsp3) is 0.909. The van der Waals surface area contributed by atoms with Crippen molar-refractivity contribution in [3.8, 4) is 0 Å². The summed E-state index contributed by atoms with van der Waals surface area (Å²) in [6.07, 6.45) is 4.74. The van der Waals surface area contributed by atoms with Crippen molar-refractivity contribution in [2.45, 2.75) is 32.6 Å². The lowest BCUT2D eigenvalue weighted by Crippen LogP contribution is -2.49. The monoisotopic (exact) mass is 198 g/mol. The lowest BCUT2D eigenvalue weighted by Gasteiger charge is -2.57. The second-order valence-corrected chi connectivity index (χ2v) is 5.03. The van der Waals surface area contributed by atoms with Crippen LogP contribution in [0.25, 0.3) is 0 Å². The molecular weight excluding hydrogens is 180 g/mol. The molecule has 0 saturated heterocycles. The van der Waals surface area contributed by atoms with Crippen LogP contribution >= 0.6 is 0 Å². The average molecular weight is 198 g/mol. The highest BCUT2D eigenvalue weighted by molar-refractivity contribution is 5.65. The Balaban J connectivity index is 1.63. The van der Waals surface area contributed by atoms with Gasteiger partial charge in [0.1, 0.15) is 0 Å². The zero-order chi connectivity index (χ0) is 10.2. The molecule has 0 unspecified atom stereocenters. The smallest absolute Gasteiger partial charge is 0.302 e. The number of esters is 1. The number of hydrogen-bond donors (Lipinski definition) is 1. The maximum absolute atomic E-state index is 10.6. The van der Waals surface area contributed by atoms with E-state index in [0.717, 1.165) is 0 Å². The van der Waals surface area contributed by atoms with Crippen LogP contribution in [0.2, 0.25) is 0 Å². The fourth-order valence-corrected chi connectivity index (χ4v) is 3.15. The van der Waals surface area contributed by atoms with E-state index in [-0.39, 0.29) is 5.97 Å². The number of carbonyl (C=O) groups is 1. The molecule has 0 bridgehead atoms. The molecule has 0 aromatic carbocycles. The van der Waals surface area contributed by atoms with E-state index >= 15 is 0 Å². The summed E-state index contributed by atoms with van der Waals surface area (Å²) < 4.78 is 4.97. The van der Waals surface area contributed by atoms with Crippen molar-refractivity contribution in [1.29, 1.82) is 0 Å². The Morgan fingerprint density at radius 1 is 1.36 bits per heavy atom. The van der Waals surface area contributed by atoms with E-state index in [1.165, 1.54) is 32.6 Å². The van der Waals surface area contributed by atoms with Crippen LogP contribution < -0.4 is 0 Å². The normalized spacial score (nSPS) is 40.1. The van der Waals surface area contributed by atoms with Crippen LogP contribution in [-0.4, -0.2) is 24.3 Å². The first kappa shape index (κ1) is 9.97. The van der Waals surface area contributed by atoms with Gasteiger partial charge in [-0.2, -0.15) is 0 Å². The van der Waals surface area contributed by atoms with Gasteiger partial charge in [-0.25, -0.2) is 0 Å². The molecule has 0 radical (unpaired) electrons. The van der Waals surface area contributed by atoms with Gasteiger partial charge in [0.05, 0.1) is 6.61 Å². The summed E-state index contributed by atoms with van der Waals surface area (Å²) in [5, 5.41) is 8.91. The second kappa shape index (κ2) is 3.54. The molecule has 14 heavy (non-hydrogen) atoms. The third-order valence-corrected chi connectivity index (χ3v) is 3.67. The third-order valence-electron chi connectivity index (χ3n) is 3.67. The maximum Gasteiger partial charge on any atom is 0.302 e. The van der Waals surface area contributed by atoms with Gasteiger partial charge in [0.25, 0.3) is 0 Å². The van der Waals surface area contributed by atoms with Crippen molar-refractivity contribution < 1.29 is 14.6 Å². The molecule has 3 nitrogen and oxygen atoms in total. The van der Waals surface area contributed by atoms with Crippen LogP contribution in [0.15, 0.2) is 0 Å². The number of carbonyl (C=O) groups excluding carboxylic acids is 1. The average Bonchev–Trinajstić information content (AvgIpc) is 1.98. The maximum atomic E-state index is 10.6. The van der Waals surface area contributed by atoms with Gasteiger partial charge < -0.3 is 9.84 Å².